The molecule has 0 unspecified atom stereocenters. The molecule has 0 radical (unpaired) electrons. The van der Waals surface area contributed by atoms with Crippen LogP contribution in [0.25, 0.3) is 0 Å². The van der Waals surface area contributed by atoms with Gasteiger partial charge >= 0.3 is 0 Å². The number of nitrogens with zero attached hydrogens (tertiary/aromatic N) is 1. The number of nitrogens with two attached hydrogens (primary N) is 1. The third-order valence-electron chi connectivity index (χ3n) is 4.02. The second kappa shape index (κ2) is 8.81. The number of ether oxygens (including phenoxy) is 1. The van der Waals surface area contributed by atoms with Gasteiger partial charge in [0, 0.05) is 25.3 Å². The SMILES string of the molecule is COCC1(CNC(=O)c2ccc(C(N)=O)nc2)CCNCC1.Cl. The zero-order valence-electron chi connectivity index (χ0n) is 13.1. The summed E-state index contributed by atoms with van der Waals surface area (Å²) >= 11 is 0. The van der Waals surface area contributed by atoms with Crippen LogP contribution in [0, 0.1) is 5.41 Å². The van der Waals surface area contributed by atoms with Gasteiger partial charge in [0.25, 0.3) is 11.8 Å². The van der Waals surface area contributed by atoms with E-state index in [1.807, 2.05) is 0 Å². The van der Waals surface area contributed by atoms with Crippen LogP contribution in [0.5, 0.6) is 0 Å². The lowest BCUT2D eigenvalue weighted by atomic mass is 9.79. The van der Waals surface area contributed by atoms with Crippen molar-refractivity contribution in [2.24, 2.45) is 11.1 Å². The first-order valence-electron chi connectivity index (χ1n) is 7.30. The van der Waals surface area contributed by atoms with E-state index < -0.39 is 5.91 Å². The molecular formula is C15H23ClN4O3. The van der Waals surface area contributed by atoms with E-state index >= 15 is 0 Å². The van der Waals surface area contributed by atoms with Gasteiger partial charge in [-0.15, -0.1) is 12.4 Å². The average Bonchev–Trinajstić information content (AvgIpc) is 2.54. The Bertz CT molecular complexity index is 525. The Labute approximate surface area is 141 Å². The molecule has 0 aromatic carbocycles. The molecule has 1 fully saturated rings. The summed E-state index contributed by atoms with van der Waals surface area (Å²) in [4.78, 5) is 27.0. The lowest BCUT2D eigenvalue weighted by molar-refractivity contribution is 0.0511. The predicted octanol–water partition coefficient (Wildman–Crippen LogP) is 0.348. The quantitative estimate of drug-likeness (QED) is 0.691. The molecule has 4 N–H and O–H groups in total. The van der Waals surface area contributed by atoms with Gasteiger partial charge in [-0.2, -0.15) is 0 Å². The van der Waals surface area contributed by atoms with Crippen LogP contribution < -0.4 is 16.4 Å². The molecule has 2 amide bonds. The fraction of sp³-hybridized carbons (Fsp3) is 0.533. The summed E-state index contributed by atoms with van der Waals surface area (Å²) in [5, 5.41) is 6.25. The highest BCUT2D eigenvalue weighted by molar-refractivity contribution is 5.95. The number of rotatable bonds is 6. The van der Waals surface area contributed by atoms with Gasteiger partial charge in [-0.1, -0.05) is 0 Å². The molecule has 2 heterocycles. The van der Waals surface area contributed by atoms with Gasteiger partial charge in [0.15, 0.2) is 0 Å². The van der Waals surface area contributed by atoms with E-state index in [9.17, 15) is 9.59 Å². The van der Waals surface area contributed by atoms with Crippen molar-refractivity contribution in [3.8, 4) is 0 Å². The number of piperidine rings is 1. The third-order valence-corrected chi connectivity index (χ3v) is 4.02. The Balaban J connectivity index is 0.00000264. The number of carbonyl (C=O) groups is 2. The zero-order chi connectivity index (χ0) is 16.0. The maximum atomic E-state index is 12.2. The van der Waals surface area contributed by atoms with Crippen molar-refractivity contribution in [1.29, 1.82) is 0 Å². The minimum absolute atomic E-state index is 0. The summed E-state index contributed by atoms with van der Waals surface area (Å²) in [6, 6.07) is 3.00. The third kappa shape index (κ3) is 5.16. The topological polar surface area (TPSA) is 106 Å². The monoisotopic (exact) mass is 342 g/mol. The molecular weight excluding hydrogens is 320 g/mol. The number of halogens is 1. The maximum absolute atomic E-state index is 12.2. The van der Waals surface area contributed by atoms with Crippen LogP contribution in [-0.2, 0) is 4.74 Å². The lowest BCUT2D eigenvalue weighted by Gasteiger charge is -2.37. The smallest absolute Gasteiger partial charge is 0.267 e. The van der Waals surface area contributed by atoms with E-state index in [1.54, 1.807) is 13.2 Å². The number of methoxy groups -OCH3 is 1. The van der Waals surface area contributed by atoms with Gasteiger partial charge in [0.1, 0.15) is 5.69 Å². The molecule has 23 heavy (non-hydrogen) atoms. The van der Waals surface area contributed by atoms with Crippen LogP contribution >= 0.6 is 12.4 Å². The van der Waals surface area contributed by atoms with Crippen LogP contribution in [-0.4, -0.2) is 50.1 Å². The maximum Gasteiger partial charge on any atom is 0.267 e. The highest BCUT2D eigenvalue weighted by Crippen LogP contribution is 2.28. The molecule has 0 atom stereocenters. The standard InChI is InChI=1S/C15H22N4O3.ClH/c1-22-10-15(4-6-17-7-5-15)9-19-14(21)11-2-3-12(13(16)20)18-8-11;/h2-3,8,17H,4-7,9-10H2,1H3,(H2,16,20)(H,19,21);1H. The normalized spacial score (nSPS) is 16.2. The van der Waals surface area contributed by atoms with Crippen LogP contribution in [0.4, 0.5) is 0 Å². The molecule has 8 heteroatoms. The molecule has 1 saturated heterocycles. The number of pyridine rings is 1. The first-order chi connectivity index (χ1) is 10.6. The first kappa shape index (κ1) is 19.3. The van der Waals surface area contributed by atoms with E-state index in [1.165, 1.54) is 12.3 Å². The Hall–Kier alpha value is -1.70. The van der Waals surface area contributed by atoms with E-state index in [0.29, 0.717) is 18.7 Å². The average molecular weight is 343 g/mol. The zero-order valence-corrected chi connectivity index (χ0v) is 13.9. The second-order valence-corrected chi connectivity index (χ2v) is 5.66. The van der Waals surface area contributed by atoms with Gasteiger partial charge < -0.3 is 21.1 Å². The molecule has 1 aliphatic rings. The Morgan fingerprint density at radius 3 is 2.61 bits per heavy atom. The molecule has 1 aliphatic heterocycles. The van der Waals surface area contributed by atoms with Gasteiger partial charge in [0.2, 0.25) is 0 Å². The Kier molecular flexibility index (Phi) is 7.41. The van der Waals surface area contributed by atoms with Gasteiger partial charge in [-0.3, -0.25) is 14.6 Å². The number of primary amides is 1. The second-order valence-electron chi connectivity index (χ2n) is 5.66. The number of aromatic nitrogens is 1. The van der Waals surface area contributed by atoms with Crippen LogP contribution in [0.15, 0.2) is 18.3 Å². The summed E-state index contributed by atoms with van der Waals surface area (Å²) in [6.45, 7) is 3.02. The summed E-state index contributed by atoms with van der Waals surface area (Å²) in [5.41, 5.74) is 5.65. The Morgan fingerprint density at radius 1 is 1.39 bits per heavy atom. The first-order valence-corrected chi connectivity index (χ1v) is 7.30. The van der Waals surface area contributed by atoms with Crippen molar-refractivity contribution in [3.63, 3.8) is 0 Å². The minimum atomic E-state index is -0.610. The summed E-state index contributed by atoms with van der Waals surface area (Å²) in [6.07, 6.45) is 3.28. The predicted molar refractivity (Wildman–Crippen MR) is 88.7 cm³/mol. The molecule has 2 rings (SSSR count). The van der Waals surface area contributed by atoms with E-state index in [4.69, 9.17) is 10.5 Å². The highest BCUT2D eigenvalue weighted by Gasteiger charge is 2.32. The number of hydrogen-bond acceptors (Lipinski definition) is 5. The van der Waals surface area contributed by atoms with Crippen molar-refractivity contribution in [2.45, 2.75) is 12.8 Å². The van der Waals surface area contributed by atoms with Crippen molar-refractivity contribution in [1.82, 2.24) is 15.6 Å². The number of carbonyl (C=O) groups excluding carboxylic acids is 2. The molecule has 1 aromatic heterocycles. The van der Waals surface area contributed by atoms with E-state index in [0.717, 1.165) is 25.9 Å². The molecule has 1 aromatic rings. The van der Waals surface area contributed by atoms with Crippen LogP contribution in [0.3, 0.4) is 0 Å². The summed E-state index contributed by atoms with van der Waals surface area (Å²) < 4.78 is 5.32. The van der Waals surface area contributed by atoms with E-state index in [2.05, 4.69) is 15.6 Å². The molecule has 7 nitrogen and oxygen atoms in total. The molecule has 0 spiro atoms. The van der Waals surface area contributed by atoms with Gasteiger partial charge in [-0.25, -0.2) is 0 Å². The molecule has 0 bridgehead atoms. The van der Waals surface area contributed by atoms with Crippen LogP contribution in [0.1, 0.15) is 33.7 Å². The minimum Gasteiger partial charge on any atom is -0.384 e. The largest absolute Gasteiger partial charge is 0.384 e. The molecule has 0 saturated carbocycles. The summed E-state index contributed by atoms with van der Waals surface area (Å²) in [7, 11) is 1.68. The number of nitrogens with one attached hydrogen (secondary N) is 2. The van der Waals surface area contributed by atoms with Gasteiger partial charge in [0.05, 0.1) is 12.2 Å². The summed E-state index contributed by atoms with van der Waals surface area (Å²) in [5.74, 6) is -0.821. The lowest BCUT2D eigenvalue weighted by Crippen LogP contribution is -2.47. The van der Waals surface area contributed by atoms with Crippen molar-refractivity contribution in [3.05, 3.63) is 29.6 Å². The highest BCUT2D eigenvalue weighted by atomic mass is 35.5. The fourth-order valence-electron chi connectivity index (χ4n) is 2.68. The van der Waals surface area contributed by atoms with E-state index in [-0.39, 0.29) is 29.4 Å². The number of hydrogen-bond donors (Lipinski definition) is 3. The molecule has 0 aliphatic carbocycles. The van der Waals surface area contributed by atoms with Gasteiger partial charge in [-0.05, 0) is 38.1 Å². The van der Waals surface area contributed by atoms with Crippen molar-refractivity contribution >= 4 is 24.2 Å². The van der Waals surface area contributed by atoms with Crippen molar-refractivity contribution < 1.29 is 14.3 Å². The fourth-order valence-corrected chi connectivity index (χ4v) is 2.68. The van der Waals surface area contributed by atoms with Crippen molar-refractivity contribution in [2.75, 3.05) is 33.4 Å². The Morgan fingerprint density at radius 2 is 2.09 bits per heavy atom. The van der Waals surface area contributed by atoms with Crippen LogP contribution in [0.2, 0.25) is 0 Å². The number of amides is 2. The molecule has 128 valence electrons.